The van der Waals surface area contributed by atoms with Gasteiger partial charge < -0.3 is 120 Å². The standard InChI is InChI=1S/C21H20N2O4.C16H15F3N2O3.C16H18N2O4.C15H15N3O5.4ClH/c22-21(24)17-5-4-12-23(15-17)16-25-13-14-26-18-8-10-20(11-9-18)27-19-6-2-1-3-7-19;17-16(18,19)13-4-1-5-14(9-13)24-8-7-23-11-21-6-2-3-12(10-21)15(20)22;1-20-14-4-6-15(7-5-14)22-10-9-21-12-18-8-2-3-13(11-18)16(17)19;16-15(19)12-2-1-7-17(10-12)11-22-8-9-23-14-5-3-13(4-6-14)18(20)21;;;;/h1-12,15H,13-14,16H2,(H-,22,24);1-6,9-10H,7-8,11H2,(H-,20,22);2-8,11H,9-10,12H2,1H3,(H-,17,19);1-7,10H,8-9,11H2,(H-,16,19);4*1H. The van der Waals surface area contributed by atoms with Crippen molar-refractivity contribution in [1.82, 2.24) is 0 Å². The third-order valence-electron chi connectivity index (χ3n) is 12.6. The molecular formula is C68H72Cl4F3N9O16. The highest BCUT2D eigenvalue weighted by molar-refractivity contribution is 5.93. The highest BCUT2D eigenvalue weighted by Crippen LogP contribution is 2.31. The van der Waals surface area contributed by atoms with E-state index < -0.39 is 40.3 Å². The van der Waals surface area contributed by atoms with Crippen LogP contribution < -0.4 is 119 Å². The van der Waals surface area contributed by atoms with Gasteiger partial charge in [0, 0.05) is 36.4 Å². The summed E-state index contributed by atoms with van der Waals surface area (Å²) in [5, 5.41) is 10.5. The number of primary amides is 4. The Labute approximate surface area is 598 Å². The van der Waals surface area contributed by atoms with Gasteiger partial charge in [-0.1, -0.05) is 24.3 Å². The molecule has 0 aliphatic carbocycles. The number of amides is 4. The Kier molecular flexibility index (Phi) is 40.0. The average Bonchev–Trinajstić information content (AvgIpc) is 0.878. The number of alkyl halides is 3. The molecule has 32 heteroatoms. The number of carbonyl (C=O) groups excluding carboxylic acids is 4. The molecule has 0 bridgehead atoms. The molecule has 0 aliphatic heterocycles. The van der Waals surface area contributed by atoms with E-state index in [2.05, 4.69) is 0 Å². The Morgan fingerprint density at radius 1 is 0.390 bits per heavy atom. The molecule has 0 saturated heterocycles. The van der Waals surface area contributed by atoms with Crippen LogP contribution >= 0.6 is 0 Å². The van der Waals surface area contributed by atoms with Crippen LogP contribution in [0.5, 0.6) is 40.2 Å². The van der Waals surface area contributed by atoms with E-state index in [4.69, 9.17) is 70.3 Å². The second-order valence-corrected chi connectivity index (χ2v) is 19.8. The van der Waals surface area contributed by atoms with Crippen molar-refractivity contribution >= 4 is 29.3 Å². The fourth-order valence-electron chi connectivity index (χ4n) is 7.87. The Morgan fingerprint density at radius 3 is 1.01 bits per heavy atom. The summed E-state index contributed by atoms with van der Waals surface area (Å²) >= 11 is 0. The molecule has 4 aromatic heterocycles. The predicted molar refractivity (Wildman–Crippen MR) is 337 cm³/mol. The van der Waals surface area contributed by atoms with Crippen molar-refractivity contribution in [2.75, 3.05) is 60.0 Å². The summed E-state index contributed by atoms with van der Waals surface area (Å²) in [6, 6.07) is 48.2. The number of benzene rings is 5. The number of para-hydroxylation sites is 1. The Balaban J connectivity index is 0.000000449. The van der Waals surface area contributed by atoms with Crippen LogP contribution in [-0.4, -0.2) is 88.5 Å². The number of non-ortho nitro benzene ring substituents is 1. The van der Waals surface area contributed by atoms with Gasteiger partial charge in [-0.2, -0.15) is 31.4 Å². The van der Waals surface area contributed by atoms with E-state index in [9.17, 15) is 42.5 Å². The van der Waals surface area contributed by atoms with Crippen LogP contribution in [0.25, 0.3) is 0 Å². The second-order valence-electron chi connectivity index (χ2n) is 19.8. The number of ether oxygens (including phenoxy) is 10. The highest BCUT2D eigenvalue weighted by atomic mass is 35.5. The number of nitro benzene ring substituents is 1. The molecule has 9 aromatic rings. The first-order chi connectivity index (χ1) is 46.3. The maximum absolute atomic E-state index is 12.6. The van der Waals surface area contributed by atoms with E-state index in [-0.39, 0.29) is 87.7 Å². The average molecular weight is 1470 g/mol. The van der Waals surface area contributed by atoms with E-state index in [0.717, 1.165) is 40.9 Å². The van der Waals surface area contributed by atoms with Gasteiger partial charge in [0.25, 0.3) is 56.2 Å². The van der Waals surface area contributed by atoms with Crippen LogP contribution in [0.1, 0.15) is 47.0 Å². The van der Waals surface area contributed by atoms with Gasteiger partial charge in [0.15, 0.2) is 49.6 Å². The van der Waals surface area contributed by atoms with Crippen molar-refractivity contribution in [2.45, 2.75) is 33.1 Å². The molecule has 0 saturated carbocycles. The van der Waals surface area contributed by atoms with Crippen molar-refractivity contribution in [1.29, 1.82) is 0 Å². The van der Waals surface area contributed by atoms with Crippen molar-refractivity contribution in [3.8, 4) is 40.2 Å². The van der Waals surface area contributed by atoms with Gasteiger partial charge >= 0.3 is 6.18 Å². The Hall–Kier alpha value is -10.4. The molecule has 5 aromatic carbocycles. The van der Waals surface area contributed by atoms with E-state index in [1.54, 1.807) is 117 Å². The van der Waals surface area contributed by atoms with E-state index in [0.29, 0.717) is 81.1 Å². The summed E-state index contributed by atoms with van der Waals surface area (Å²) in [6.07, 6.45) is 9.08. The van der Waals surface area contributed by atoms with Gasteiger partial charge in [0.2, 0.25) is 0 Å². The lowest BCUT2D eigenvalue weighted by molar-refractivity contribution is -0.733. The number of hydrogen-bond donors (Lipinski definition) is 4. The molecule has 100 heavy (non-hydrogen) atoms. The largest absolute Gasteiger partial charge is 1.00 e. The molecule has 4 heterocycles. The lowest BCUT2D eigenvalue weighted by Gasteiger charge is -2.10. The number of aromatic nitrogens is 4. The minimum absolute atomic E-state index is 0. The number of hydrogen-bond acceptors (Lipinski definition) is 16. The van der Waals surface area contributed by atoms with Crippen molar-refractivity contribution < 1.29 is 153 Å². The molecule has 0 spiro atoms. The lowest BCUT2D eigenvalue weighted by atomic mass is 10.2. The van der Waals surface area contributed by atoms with Gasteiger partial charge in [-0.25, -0.2) is 0 Å². The van der Waals surface area contributed by atoms with E-state index in [1.165, 1.54) is 42.6 Å². The van der Waals surface area contributed by atoms with Gasteiger partial charge in [0.05, 0.1) is 44.0 Å². The molecule has 8 N–H and O–H groups in total. The summed E-state index contributed by atoms with van der Waals surface area (Å²) in [5.74, 6) is 2.50. The van der Waals surface area contributed by atoms with Crippen molar-refractivity contribution in [2.24, 2.45) is 22.9 Å². The van der Waals surface area contributed by atoms with E-state index >= 15 is 0 Å². The molecule has 0 atom stereocenters. The van der Waals surface area contributed by atoms with E-state index in [1.807, 2.05) is 78.9 Å². The number of rotatable bonds is 32. The zero-order chi connectivity index (χ0) is 68.9. The minimum atomic E-state index is -4.40. The summed E-state index contributed by atoms with van der Waals surface area (Å²) in [4.78, 5) is 54.4. The molecule has 0 aliphatic rings. The Bertz CT molecular complexity index is 3900. The first-order valence-electron chi connectivity index (χ1n) is 29.2. The van der Waals surface area contributed by atoms with Gasteiger partial charge in [0.1, 0.15) is 88.9 Å². The lowest BCUT2D eigenvalue weighted by Crippen LogP contribution is -3.00. The quantitative estimate of drug-likeness (QED) is 0.0133. The third-order valence-corrected chi connectivity index (χ3v) is 12.6. The number of pyridine rings is 4. The highest BCUT2D eigenvalue weighted by Gasteiger charge is 2.30. The summed E-state index contributed by atoms with van der Waals surface area (Å²) in [5.41, 5.74) is 21.7. The Morgan fingerprint density at radius 2 is 0.690 bits per heavy atom. The first-order valence-corrected chi connectivity index (χ1v) is 29.2. The number of carbonyl (C=O) groups is 4. The molecule has 534 valence electrons. The van der Waals surface area contributed by atoms with Crippen LogP contribution in [0, 0.1) is 10.1 Å². The number of halogens is 7. The van der Waals surface area contributed by atoms with Gasteiger partial charge in [-0.05, 0) is 115 Å². The zero-order valence-corrected chi connectivity index (χ0v) is 56.6. The normalized spacial score (nSPS) is 10.1. The van der Waals surface area contributed by atoms with Crippen LogP contribution in [-0.2, 0) is 52.0 Å². The molecule has 4 amide bonds. The zero-order valence-electron chi connectivity index (χ0n) is 53.6. The summed E-state index contributed by atoms with van der Waals surface area (Å²) in [7, 11) is 1.62. The summed E-state index contributed by atoms with van der Waals surface area (Å²) < 4.78 is 98.9. The van der Waals surface area contributed by atoms with Gasteiger partial charge in [-0.15, -0.1) is 0 Å². The molecule has 0 unspecified atom stereocenters. The predicted octanol–water partition coefficient (Wildman–Crippen LogP) is -4.75. The number of nitro groups is 1. The van der Waals surface area contributed by atoms with Crippen molar-refractivity contribution in [3.63, 3.8) is 0 Å². The van der Waals surface area contributed by atoms with Crippen LogP contribution in [0.4, 0.5) is 18.9 Å². The van der Waals surface area contributed by atoms with Crippen LogP contribution in [0.15, 0.2) is 225 Å². The molecular weight excluding hydrogens is 1400 g/mol. The SMILES string of the molecule is COc1ccc(OCCOC[n+]2cccc(C(N)=O)c2)cc1.NC(=O)c1ccc[n+](COCCOc2ccc(Oc3ccccc3)cc2)c1.NC(=O)c1ccc[n+](COCCOc2ccc([N+](=O)[O-])cc2)c1.NC(=O)c1ccc[n+](COCCOc2cccc(C(F)(F)F)c2)c1.[Cl-].[Cl-].[Cl-].[Cl-]. The fraction of sp³-hybridized carbons (Fsp3) is 0.206. The number of nitrogens with two attached hydrogens (primary N) is 4. The summed E-state index contributed by atoms with van der Waals surface area (Å²) in [6.45, 7) is 3.63. The maximum atomic E-state index is 12.6. The smallest absolute Gasteiger partial charge is 0.416 e. The molecule has 9 rings (SSSR count). The van der Waals surface area contributed by atoms with Gasteiger partial charge in [-0.3, -0.25) is 29.3 Å². The maximum Gasteiger partial charge on any atom is 0.416 e. The van der Waals surface area contributed by atoms with Crippen LogP contribution in [0.2, 0.25) is 0 Å². The second kappa shape index (κ2) is 46.7. The minimum Gasteiger partial charge on any atom is -1.00 e. The topological polar surface area (TPSA) is 323 Å². The third kappa shape index (κ3) is 32.7. The molecule has 0 fully saturated rings. The fourth-order valence-corrected chi connectivity index (χ4v) is 7.87. The first kappa shape index (κ1) is 85.7. The molecule has 0 radical (unpaired) electrons. The van der Waals surface area contributed by atoms with Crippen LogP contribution in [0.3, 0.4) is 0 Å². The number of nitrogens with zero attached hydrogens (tertiary/aromatic N) is 5. The van der Waals surface area contributed by atoms with Crippen molar-refractivity contribution in [3.05, 3.63) is 263 Å². The molecule has 25 nitrogen and oxygen atoms in total. The number of methoxy groups -OCH3 is 1. The monoisotopic (exact) mass is 1470 g/mol.